The number of hydrogen-bond donors (Lipinski definition) is 2. The van der Waals surface area contributed by atoms with Gasteiger partial charge in [0, 0.05) is 32.0 Å². The quantitative estimate of drug-likeness (QED) is 0.594. The minimum atomic E-state index is -0.204. The highest BCUT2D eigenvalue weighted by atomic mass is 32.1. The molecule has 1 amide bonds. The minimum absolute atomic E-state index is 0.108. The maximum atomic E-state index is 12.7. The summed E-state index contributed by atoms with van der Waals surface area (Å²) in [5, 5.41) is 7.44. The second kappa shape index (κ2) is 8.19. The van der Waals surface area contributed by atoms with E-state index in [1.807, 2.05) is 58.4 Å². The Hall–Kier alpha value is -3.13. The van der Waals surface area contributed by atoms with Crippen molar-refractivity contribution in [2.24, 2.45) is 0 Å². The molecule has 2 N–H and O–H groups in total. The Kier molecular flexibility index (Phi) is 5.58. The van der Waals surface area contributed by atoms with E-state index in [-0.39, 0.29) is 18.0 Å². The molecule has 162 valence electrons. The first kappa shape index (κ1) is 21.1. The third kappa shape index (κ3) is 3.83. The van der Waals surface area contributed by atoms with Gasteiger partial charge < -0.3 is 20.4 Å². The van der Waals surface area contributed by atoms with Gasteiger partial charge >= 0.3 is 0 Å². The van der Waals surface area contributed by atoms with Crippen LogP contribution in [0.5, 0.6) is 0 Å². The molecule has 0 bridgehead atoms. The zero-order valence-electron chi connectivity index (χ0n) is 18.7. The van der Waals surface area contributed by atoms with E-state index in [2.05, 4.69) is 45.4 Å². The van der Waals surface area contributed by atoms with Gasteiger partial charge in [0.15, 0.2) is 5.13 Å². The standard InChI is InChI=1S/C23H28N6OS/c1-13(2)29-15(4)22(30)28(6)18-8-7-17(12-19(18)29)27-20-11-16(9-10-25-20)21-14(3)26-23(24-5)31-21/h7-13,15H,1-6H3,(H,24,26)(H,25,27)/t15-/m1/s1. The molecular formula is C23H28N6OS. The maximum absolute atomic E-state index is 12.7. The Bertz CT molecular complexity index is 1130. The van der Waals surface area contributed by atoms with Crippen LogP contribution in [0.25, 0.3) is 10.4 Å². The van der Waals surface area contributed by atoms with Crippen LogP contribution in [0, 0.1) is 6.92 Å². The van der Waals surface area contributed by atoms with Crippen LogP contribution in [0.3, 0.4) is 0 Å². The molecule has 0 saturated carbocycles. The summed E-state index contributed by atoms with van der Waals surface area (Å²) in [6, 6.07) is 10.1. The number of carbonyl (C=O) groups is 1. The minimum Gasteiger partial charge on any atom is -0.365 e. The molecule has 4 rings (SSSR count). The number of thiazole rings is 1. The van der Waals surface area contributed by atoms with Crippen LogP contribution in [-0.2, 0) is 4.79 Å². The molecule has 0 radical (unpaired) electrons. The molecule has 1 aliphatic heterocycles. The number of likely N-dealkylation sites (N-methyl/N-ethyl adjacent to an activating group) is 1. The van der Waals surface area contributed by atoms with Crippen LogP contribution in [0.15, 0.2) is 36.5 Å². The first-order chi connectivity index (χ1) is 14.8. The van der Waals surface area contributed by atoms with Crippen LogP contribution in [0.4, 0.5) is 28.0 Å². The van der Waals surface area contributed by atoms with E-state index in [1.54, 1.807) is 16.2 Å². The van der Waals surface area contributed by atoms with Crippen molar-refractivity contribution in [2.45, 2.75) is 39.8 Å². The van der Waals surface area contributed by atoms with Crippen molar-refractivity contribution in [2.75, 3.05) is 34.5 Å². The Morgan fingerprint density at radius 2 is 1.94 bits per heavy atom. The number of anilines is 5. The van der Waals surface area contributed by atoms with E-state index in [9.17, 15) is 4.79 Å². The lowest BCUT2D eigenvalue weighted by Crippen LogP contribution is -2.53. The first-order valence-electron chi connectivity index (χ1n) is 10.4. The normalized spacial score (nSPS) is 16.0. The summed E-state index contributed by atoms with van der Waals surface area (Å²) in [6.07, 6.45) is 1.81. The molecule has 1 aliphatic rings. The molecule has 0 saturated heterocycles. The average molecular weight is 437 g/mol. The van der Waals surface area contributed by atoms with E-state index < -0.39 is 0 Å². The van der Waals surface area contributed by atoms with Crippen LogP contribution < -0.4 is 20.4 Å². The SMILES string of the molecule is CNc1nc(C)c(-c2ccnc(Nc3ccc4c(c3)N(C(C)C)[C@H](C)C(=O)N4C)c2)s1. The van der Waals surface area contributed by atoms with Gasteiger partial charge in [-0.1, -0.05) is 11.3 Å². The van der Waals surface area contributed by atoms with Gasteiger partial charge in [-0.2, -0.15) is 0 Å². The largest absolute Gasteiger partial charge is 0.365 e. The summed E-state index contributed by atoms with van der Waals surface area (Å²) < 4.78 is 0. The van der Waals surface area contributed by atoms with Gasteiger partial charge in [-0.25, -0.2) is 9.97 Å². The van der Waals surface area contributed by atoms with Gasteiger partial charge in [0.05, 0.1) is 21.9 Å². The highest BCUT2D eigenvalue weighted by Crippen LogP contribution is 2.39. The van der Waals surface area contributed by atoms with Crippen LogP contribution in [0.1, 0.15) is 26.5 Å². The monoisotopic (exact) mass is 436 g/mol. The van der Waals surface area contributed by atoms with Crippen molar-refractivity contribution < 1.29 is 4.79 Å². The van der Waals surface area contributed by atoms with Gasteiger partial charge in [0.2, 0.25) is 5.91 Å². The topological polar surface area (TPSA) is 73.4 Å². The Morgan fingerprint density at radius 1 is 1.16 bits per heavy atom. The van der Waals surface area contributed by atoms with E-state index in [4.69, 9.17) is 0 Å². The van der Waals surface area contributed by atoms with E-state index in [0.717, 1.165) is 44.1 Å². The smallest absolute Gasteiger partial charge is 0.249 e. The van der Waals surface area contributed by atoms with E-state index in [0.29, 0.717) is 0 Å². The highest BCUT2D eigenvalue weighted by molar-refractivity contribution is 7.19. The molecule has 0 unspecified atom stereocenters. The van der Waals surface area contributed by atoms with Crippen LogP contribution in [0.2, 0.25) is 0 Å². The van der Waals surface area contributed by atoms with Crippen molar-refractivity contribution in [1.82, 2.24) is 9.97 Å². The van der Waals surface area contributed by atoms with Crippen LogP contribution >= 0.6 is 11.3 Å². The number of aromatic nitrogens is 2. The highest BCUT2D eigenvalue weighted by Gasteiger charge is 2.34. The molecule has 3 heterocycles. The number of benzene rings is 1. The fraction of sp³-hybridized carbons (Fsp3) is 0.348. The number of hydrogen-bond acceptors (Lipinski definition) is 7. The summed E-state index contributed by atoms with van der Waals surface area (Å²) in [5.74, 6) is 0.873. The van der Waals surface area contributed by atoms with Crippen molar-refractivity contribution in [1.29, 1.82) is 0 Å². The molecule has 1 aromatic carbocycles. The number of nitrogens with zero attached hydrogens (tertiary/aromatic N) is 4. The molecule has 2 aromatic heterocycles. The molecule has 7 nitrogen and oxygen atoms in total. The predicted octanol–water partition coefficient (Wildman–Crippen LogP) is 4.88. The number of nitrogens with one attached hydrogen (secondary N) is 2. The summed E-state index contributed by atoms with van der Waals surface area (Å²) in [4.78, 5) is 26.7. The molecule has 8 heteroatoms. The van der Waals surface area contributed by atoms with Gasteiger partial charge in [-0.15, -0.1) is 0 Å². The van der Waals surface area contributed by atoms with E-state index in [1.165, 1.54) is 0 Å². The van der Waals surface area contributed by atoms with Gasteiger partial charge in [-0.05, 0) is 63.6 Å². The lowest BCUT2D eigenvalue weighted by molar-refractivity contribution is -0.119. The summed E-state index contributed by atoms with van der Waals surface area (Å²) >= 11 is 1.63. The first-order valence-corrected chi connectivity index (χ1v) is 11.2. The van der Waals surface area contributed by atoms with Gasteiger partial charge in [0.1, 0.15) is 11.9 Å². The molecule has 0 fully saturated rings. The number of fused-ring (bicyclic) bond motifs is 1. The fourth-order valence-corrected chi connectivity index (χ4v) is 5.02. The lowest BCUT2D eigenvalue weighted by Gasteiger charge is -2.42. The summed E-state index contributed by atoms with van der Waals surface area (Å²) in [6.45, 7) is 8.20. The lowest BCUT2D eigenvalue weighted by atomic mass is 10.0. The predicted molar refractivity (Wildman–Crippen MR) is 130 cm³/mol. The zero-order chi connectivity index (χ0) is 22.3. The second-order valence-corrected chi connectivity index (χ2v) is 9.02. The number of amides is 1. The third-order valence-electron chi connectivity index (χ3n) is 5.58. The average Bonchev–Trinajstić information content (AvgIpc) is 3.13. The number of pyridine rings is 1. The molecule has 1 atom stereocenters. The zero-order valence-corrected chi connectivity index (χ0v) is 19.5. The Labute approximate surface area is 187 Å². The van der Waals surface area contributed by atoms with Gasteiger partial charge in [-0.3, -0.25) is 4.79 Å². The maximum Gasteiger partial charge on any atom is 0.249 e. The molecule has 0 aliphatic carbocycles. The Morgan fingerprint density at radius 3 is 2.61 bits per heavy atom. The second-order valence-electron chi connectivity index (χ2n) is 8.02. The molecule has 31 heavy (non-hydrogen) atoms. The molecular weight excluding hydrogens is 408 g/mol. The van der Waals surface area contributed by atoms with Crippen molar-refractivity contribution in [3.63, 3.8) is 0 Å². The van der Waals surface area contributed by atoms with Gasteiger partial charge in [0.25, 0.3) is 0 Å². The number of rotatable bonds is 5. The number of aryl methyl sites for hydroxylation is 1. The van der Waals surface area contributed by atoms with Crippen molar-refractivity contribution in [3.8, 4) is 10.4 Å². The molecule has 3 aromatic rings. The fourth-order valence-electron chi connectivity index (χ4n) is 4.10. The third-order valence-corrected chi connectivity index (χ3v) is 6.81. The van der Waals surface area contributed by atoms with Crippen LogP contribution in [-0.4, -0.2) is 42.1 Å². The molecule has 0 spiro atoms. The Balaban J connectivity index is 1.67. The van der Waals surface area contributed by atoms with Crippen molar-refractivity contribution >= 4 is 45.3 Å². The van der Waals surface area contributed by atoms with E-state index >= 15 is 0 Å². The van der Waals surface area contributed by atoms with Crippen molar-refractivity contribution in [3.05, 3.63) is 42.2 Å². The number of carbonyl (C=O) groups excluding carboxylic acids is 1. The summed E-state index contributed by atoms with van der Waals surface area (Å²) in [7, 11) is 3.72. The summed E-state index contributed by atoms with van der Waals surface area (Å²) in [5.41, 5.74) is 4.97.